The van der Waals surface area contributed by atoms with Crippen molar-refractivity contribution in [3.8, 4) is 17.0 Å². The molecule has 0 unspecified atom stereocenters. The third kappa shape index (κ3) is 6.57. The molecule has 0 radical (unpaired) electrons. The lowest BCUT2D eigenvalue weighted by Gasteiger charge is -2.31. The Balaban J connectivity index is 1.43. The van der Waals surface area contributed by atoms with Gasteiger partial charge in [-0.25, -0.2) is 4.98 Å². The molecule has 2 aliphatic heterocycles. The van der Waals surface area contributed by atoms with Gasteiger partial charge in [0, 0.05) is 67.1 Å². The lowest BCUT2D eigenvalue weighted by Crippen LogP contribution is -2.37. The Bertz CT molecular complexity index is 1320. The standard InChI is InChI=1S/C29H30F3N3O4/c1-19-25(15-22(18-33-19)27(36)14-20-3-2-4-23(13-20)29(30,31)32)21-16-26(35-7-11-38-12-8-35)28(34-17-21)39-24-5-9-37-10-6-24/h2-4,13,15-18,24H,5-12,14H2,1H3. The van der Waals surface area contributed by atoms with Crippen LogP contribution in [0.2, 0.25) is 0 Å². The fourth-order valence-corrected chi connectivity index (χ4v) is 4.78. The largest absolute Gasteiger partial charge is 0.473 e. The molecule has 5 rings (SSSR count). The molecule has 4 heterocycles. The van der Waals surface area contributed by atoms with E-state index >= 15 is 0 Å². The zero-order valence-electron chi connectivity index (χ0n) is 21.7. The van der Waals surface area contributed by atoms with Crippen molar-refractivity contribution in [2.75, 3.05) is 44.4 Å². The van der Waals surface area contributed by atoms with Crippen LogP contribution in [0.25, 0.3) is 11.1 Å². The summed E-state index contributed by atoms with van der Waals surface area (Å²) in [5, 5.41) is 0. The van der Waals surface area contributed by atoms with E-state index < -0.39 is 11.7 Å². The quantitative estimate of drug-likeness (QED) is 0.377. The van der Waals surface area contributed by atoms with Crippen molar-refractivity contribution in [2.45, 2.75) is 38.5 Å². The number of hydrogen-bond donors (Lipinski definition) is 0. The third-order valence-corrected chi connectivity index (χ3v) is 6.97. The first kappa shape index (κ1) is 27.1. The predicted octanol–water partition coefficient (Wildman–Crippen LogP) is 5.29. The number of morpholine rings is 1. The smallest absolute Gasteiger partial charge is 0.416 e. The summed E-state index contributed by atoms with van der Waals surface area (Å²) in [6.07, 6.45) is 0.164. The lowest BCUT2D eigenvalue weighted by molar-refractivity contribution is -0.137. The van der Waals surface area contributed by atoms with Crippen molar-refractivity contribution >= 4 is 11.5 Å². The number of rotatable bonds is 7. The summed E-state index contributed by atoms with van der Waals surface area (Å²) in [6, 6.07) is 8.57. The van der Waals surface area contributed by atoms with Crippen molar-refractivity contribution in [3.05, 3.63) is 71.2 Å². The van der Waals surface area contributed by atoms with Gasteiger partial charge in [-0.3, -0.25) is 9.78 Å². The molecular formula is C29H30F3N3O4. The van der Waals surface area contributed by atoms with Crippen LogP contribution in [0.4, 0.5) is 18.9 Å². The molecule has 0 atom stereocenters. The summed E-state index contributed by atoms with van der Waals surface area (Å²) in [6.45, 7) is 5.74. The maximum absolute atomic E-state index is 13.1. The van der Waals surface area contributed by atoms with E-state index in [1.54, 1.807) is 12.3 Å². The second-order valence-electron chi connectivity index (χ2n) is 9.73. The van der Waals surface area contributed by atoms with Crippen molar-refractivity contribution in [1.82, 2.24) is 9.97 Å². The molecule has 206 valence electrons. The number of aromatic nitrogens is 2. The number of Topliss-reactive ketones (excluding diaryl/α,β-unsaturated/α-hetero) is 1. The number of aryl methyl sites for hydroxylation is 1. The van der Waals surface area contributed by atoms with E-state index in [1.807, 2.05) is 13.0 Å². The van der Waals surface area contributed by atoms with Gasteiger partial charge in [0.1, 0.15) is 11.8 Å². The van der Waals surface area contributed by atoms with E-state index in [-0.39, 0.29) is 18.3 Å². The minimum Gasteiger partial charge on any atom is -0.473 e. The molecule has 2 saturated heterocycles. The van der Waals surface area contributed by atoms with E-state index in [4.69, 9.17) is 14.2 Å². The predicted molar refractivity (Wildman–Crippen MR) is 139 cm³/mol. The van der Waals surface area contributed by atoms with Gasteiger partial charge in [-0.15, -0.1) is 0 Å². The van der Waals surface area contributed by atoms with Crippen LogP contribution in [0.15, 0.2) is 48.8 Å². The summed E-state index contributed by atoms with van der Waals surface area (Å²) < 4.78 is 56.6. The van der Waals surface area contributed by atoms with E-state index in [9.17, 15) is 18.0 Å². The number of benzene rings is 1. The first-order valence-electron chi connectivity index (χ1n) is 13.0. The number of alkyl halides is 3. The van der Waals surface area contributed by atoms with E-state index in [0.29, 0.717) is 62.2 Å². The number of ketones is 1. The van der Waals surface area contributed by atoms with Crippen molar-refractivity contribution in [2.24, 2.45) is 0 Å². The number of ether oxygens (including phenoxy) is 3. The molecule has 39 heavy (non-hydrogen) atoms. The van der Waals surface area contributed by atoms with Gasteiger partial charge < -0.3 is 19.1 Å². The number of carbonyl (C=O) groups is 1. The number of hydrogen-bond acceptors (Lipinski definition) is 7. The molecule has 2 aromatic heterocycles. The van der Waals surface area contributed by atoms with Gasteiger partial charge in [0.25, 0.3) is 0 Å². The molecule has 0 spiro atoms. The highest BCUT2D eigenvalue weighted by molar-refractivity contribution is 5.98. The van der Waals surface area contributed by atoms with Gasteiger partial charge in [0.2, 0.25) is 5.88 Å². The maximum atomic E-state index is 13.1. The minimum absolute atomic E-state index is 0.0251. The van der Waals surface area contributed by atoms with Crippen molar-refractivity contribution < 1.29 is 32.2 Å². The third-order valence-electron chi connectivity index (χ3n) is 6.97. The van der Waals surface area contributed by atoms with Crippen molar-refractivity contribution in [3.63, 3.8) is 0 Å². The molecule has 1 aromatic carbocycles. The number of carbonyl (C=O) groups excluding carboxylic acids is 1. The SMILES string of the molecule is Cc1ncc(C(=O)Cc2cccc(C(F)(F)F)c2)cc1-c1cnc(OC2CCOCC2)c(N2CCOCC2)c1. The first-order valence-corrected chi connectivity index (χ1v) is 13.0. The highest BCUT2D eigenvalue weighted by Gasteiger charge is 2.30. The summed E-state index contributed by atoms with van der Waals surface area (Å²) >= 11 is 0. The number of halogens is 3. The normalized spacial score (nSPS) is 16.8. The second-order valence-corrected chi connectivity index (χ2v) is 9.73. The minimum atomic E-state index is -4.47. The Labute approximate surface area is 224 Å². The highest BCUT2D eigenvalue weighted by Crippen LogP contribution is 2.35. The summed E-state index contributed by atoms with van der Waals surface area (Å²) in [4.78, 5) is 24.4. The Hall–Kier alpha value is -3.50. The van der Waals surface area contributed by atoms with E-state index in [1.165, 1.54) is 18.3 Å². The number of anilines is 1. The molecule has 2 fully saturated rings. The van der Waals surface area contributed by atoms with Crippen LogP contribution in [-0.4, -0.2) is 61.4 Å². The van der Waals surface area contributed by atoms with Gasteiger partial charge >= 0.3 is 6.18 Å². The lowest BCUT2D eigenvalue weighted by atomic mass is 9.98. The summed E-state index contributed by atoms with van der Waals surface area (Å²) in [5.74, 6) is 0.235. The molecular weight excluding hydrogens is 511 g/mol. The molecule has 0 bridgehead atoms. The van der Waals surface area contributed by atoms with Crippen molar-refractivity contribution in [1.29, 1.82) is 0 Å². The van der Waals surface area contributed by atoms with Crippen LogP contribution in [0.1, 0.15) is 40.0 Å². The molecule has 10 heteroatoms. The van der Waals surface area contributed by atoms with Gasteiger partial charge in [0.05, 0.1) is 32.0 Å². The second kappa shape index (κ2) is 11.7. The monoisotopic (exact) mass is 541 g/mol. The zero-order valence-corrected chi connectivity index (χ0v) is 21.7. The van der Waals surface area contributed by atoms with Gasteiger partial charge in [-0.2, -0.15) is 13.2 Å². The Kier molecular flexibility index (Phi) is 8.13. The molecule has 0 aliphatic carbocycles. The van der Waals surface area contributed by atoms with Crippen LogP contribution in [0.5, 0.6) is 5.88 Å². The molecule has 7 nitrogen and oxygen atoms in total. The maximum Gasteiger partial charge on any atom is 0.416 e. The molecule has 0 amide bonds. The average molecular weight is 542 g/mol. The fourth-order valence-electron chi connectivity index (χ4n) is 4.78. The Morgan fingerprint density at radius 3 is 2.51 bits per heavy atom. The molecule has 0 N–H and O–H groups in total. The van der Waals surface area contributed by atoms with Crippen LogP contribution in [0, 0.1) is 6.92 Å². The van der Waals surface area contributed by atoms with Gasteiger partial charge in [-0.05, 0) is 30.7 Å². The number of nitrogens with zero attached hydrogens (tertiary/aromatic N) is 3. The molecule has 0 saturated carbocycles. The van der Waals surface area contributed by atoms with Crippen LogP contribution < -0.4 is 9.64 Å². The average Bonchev–Trinajstić information content (AvgIpc) is 2.94. The van der Waals surface area contributed by atoms with Crippen LogP contribution in [0.3, 0.4) is 0 Å². The summed E-state index contributed by atoms with van der Waals surface area (Å²) in [5.41, 5.74) is 2.89. The number of pyridine rings is 2. The molecule has 3 aromatic rings. The first-order chi connectivity index (χ1) is 18.8. The van der Waals surface area contributed by atoms with Crippen LogP contribution in [-0.2, 0) is 22.1 Å². The van der Waals surface area contributed by atoms with Crippen LogP contribution >= 0.6 is 0 Å². The zero-order chi connectivity index (χ0) is 27.4. The topological polar surface area (TPSA) is 73.8 Å². The van der Waals surface area contributed by atoms with Gasteiger partial charge in [0.15, 0.2) is 5.78 Å². The summed E-state index contributed by atoms with van der Waals surface area (Å²) in [7, 11) is 0. The molecule has 2 aliphatic rings. The fraction of sp³-hybridized carbons (Fsp3) is 0.414. The Morgan fingerprint density at radius 2 is 1.77 bits per heavy atom. The van der Waals surface area contributed by atoms with Gasteiger partial charge in [-0.1, -0.05) is 18.2 Å². The van der Waals surface area contributed by atoms with E-state index in [0.717, 1.165) is 41.8 Å². The Morgan fingerprint density at radius 1 is 1.03 bits per heavy atom. The highest BCUT2D eigenvalue weighted by atomic mass is 19.4. The van der Waals surface area contributed by atoms with E-state index in [2.05, 4.69) is 14.9 Å².